The summed E-state index contributed by atoms with van der Waals surface area (Å²) >= 11 is -4.92. The number of carboxylic acid groups (broad SMARTS) is 4. The molecule has 41 heteroatoms. The number of fused-ring (bicyclic) bond motifs is 2. The summed E-state index contributed by atoms with van der Waals surface area (Å²) in [6.07, 6.45) is 4.14. The molecule has 95 heavy (non-hydrogen) atoms. The average molecular weight is 1660 g/mol. The SMILES string of the molecule is CCN1CCN(CC(=O)O)CCN(CC(=O)[O-])CCN(CC(=O)Cc2ccc(-c3cn4nc(NS(=O)[O-])sc4n3)cc2)CC1.CN1CCN(CC(=O)O)CCN(CC(=O)O)CCN(CC(=O)Cc2ccc(-c3cn4nc(NS(=O)[O-])sc4n3)cc2)CC1.O=C=O.[111In+3].[Cl][111In]([Cl])[Cl]. The Morgan fingerprint density at radius 2 is 0.821 bits per heavy atom. The number of hydrogen-bond donors (Lipinski definition) is 5. The van der Waals surface area contributed by atoms with Gasteiger partial charge in [0, 0.05) is 158 Å². The van der Waals surface area contributed by atoms with Crippen LogP contribution in [0.3, 0.4) is 0 Å². The number of Topliss-reactive ketones (excluding diaryl/α,β-unsaturated/α-hetero) is 2. The van der Waals surface area contributed by atoms with Gasteiger partial charge in [-0.3, -0.25) is 71.2 Å². The molecule has 2 unspecified atom stereocenters. The molecule has 0 radical (unpaired) electrons. The first-order chi connectivity index (χ1) is 44.8. The monoisotopic (exact) mass is 1650 g/mol. The van der Waals surface area contributed by atoms with E-state index in [9.17, 15) is 66.7 Å². The van der Waals surface area contributed by atoms with E-state index in [0.29, 0.717) is 126 Å². The zero-order valence-corrected chi connectivity index (χ0v) is 63.9. The van der Waals surface area contributed by atoms with Gasteiger partial charge in [-0.2, -0.15) is 9.59 Å². The maximum absolute atomic E-state index is 13.1. The van der Waals surface area contributed by atoms with Crippen molar-refractivity contribution in [1.29, 1.82) is 0 Å². The first-order valence-corrected chi connectivity index (χ1v) is 45.2. The molecule has 2 aliphatic rings. The number of carboxylic acids is 4. The van der Waals surface area contributed by atoms with Crippen LogP contribution in [-0.2, 0) is 73.7 Å². The molecule has 0 spiro atoms. The van der Waals surface area contributed by atoms with Crippen LogP contribution in [-0.4, -0.2) is 344 Å². The number of likely N-dealkylation sites (N-methyl/N-ethyl adjacent to an activating group) is 2. The number of nitrogens with one attached hydrogen (secondary N) is 2. The third kappa shape index (κ3) is 32.3. The van der Waals surface area contributed by atoms with Crippen molar-refractivity contribution in [2.24, 2.45) is 0 Å². The number of aliphatic carboxylic acids is 4. The van der Waals surface area contributed by atoms with Crippen LogP contribution in [0.15, 0.2) is 60.9 Å². The number of rotatable bonds is 23. The van der Waals surface area contributed by atoms with Crippen LogP contribution < -0.4 is 14.6 Å². The van der Waals surface area contributed by atoms with E-state index in [-0.39, 0.29) is 106 Å². The zero-order valence-electron chi connectivity index (χ0n) is 51.8. The zero-order chi connectivity index (χ0) is 68.9. The summed E-state index contributed by atoms with van der Waals surface area (Å²) in [5, 5.41) is 48.0. The topological polar surface area (TPSA) is 411 Å². The van der Waals surface area contributed by atoms with Crippen LogP contribution in [0.5, 0.6) is 0 Å². The van der Waals surface area contributed by atoms with Crippen LogP contribution in [0.25, 0.3) is 32.4 Å². The predicted octanol–water partition coefficient (Wildman–Crippen LogP) is -0.629. The summed E-state index contributed by atoms with van der Waals surface area (Å²) in [7, 11) is 17.0. The summed E-state index contributed by atoms with van der Waals surface area (Å²) in [4.78, 5) is 114. The molecule has 2 atom stereocenters. The molecular formula is C54H71Cl3In2N16O16S4. The Morgan fingerprint density at radius 1 is 0.537 bits per heavy atom. The molecule has 5 N–H and O–H groups in total. The second-order valence-corrected chi connectivity index (χ2v) is 39.2. The van der Waals surface area contributed by atoms with Gasteiger partial charge in [-0.15, -0.1) is 10.2 Å². The van der Waals surface area contributed by atoms with Crippen molar-refractivity contribution in [2.75, 3.05) is 167 Å². The Kier molecular flexibility index (Phi) is 38.1. The molecule has 8 rings (SSSR count). The molecule has 6 aromatic rings. The van der Waals surface area contributed by atoms with Gasteiger partial charge < -0.3 is 44.1 Å². The second-order valence-electron chi connectivity index (χ2n) is 21.3. The van der Waals surface area contributed by atoms with Gasteiger partial charge in [0.15, 0.2) is 11.6 Å². The summed E-state index contributed by atoms with van der Waals surface area (Å²) in [6, 6.07) is 15.0. The van der Waals surface area contributed by atoms with E-state index in [1.54, 1.807) is 22.2 Å². The van der Waals surface area contributed by atoms with Gasteiger partial charge in [-0.1, -0.05) is 78.1 Å². The van der Waals surface area contributed by atoms with Crippen LogP contribution >= 0.6 is 48.4 Å². The van der Waals surface area contributed by atoms with Crippen molar-refractivity contribution in [2.45, 2.75) is 19.8 Å². The van der Waals surface area contributed by atoms with Crippen molar-refractivity contribution in [3.63, 3.8) is 0 Å². The Morgan fingerprint density at radius 3 is 1.09 bits per heavy atom. The van der Waals surface area contributed by atoms with Gasteiger partial charge in [-0.25, -0.2) is 19.0 Å². The fourth-order valence-electron chi connectivity index (χ4n) is 9.79. The first kappa shape index (κ1) is 82.8. The minimum absolute atomic E-state index is 0. The Hall–Kier alpha value is -4.65. The molecule has 4 aromatic heterocycles. The van der Waals surface area contributed by atoms with Crippen LogP contribution in [0.1, 0.15) is 18.1 Å². The van der Waals surface area contributed by atoms with Crippen LogP contribution in [0.2, 0.25) is 0 Å². The summed E-state index contributed by atoms with van der Waals surface area (Å²) in [6.45, 7) is 11.2. The molecular weight excluding hydrogens is 1590 g/mol. The van der Waals surface area contributed by atoms with E-state index >= 15 is 0 Å². The van der Waals surface area contributed by atoms with Gasteiger partial charge in [-0.05, 0) is 24.7 Å². The fourth-order valence-corrected chi connectivity index (χ4v) is 12.2. The van der Waals surface area contributed by atoms with Gasteiger partial charge in [0.25, 0.3) is 0 Å². The average Bonchev–Trinajstić information content (AvgIpc) is 1.67. The molecule has 0 saturated carbocycles. The van der Waals surface area contributed by atoms with E-state index in [0.717, 1.165) is 51.5 Å². The summed E-state index contributed by atoms with van der Waals surface area (Å²) < 4.78 is 50.7. The molecule has 2 fully saturated rings. The minimum atomic E-state index is -2.46. The third-order valence-electron chi connectivity index (χ3n) is 14.4. The van der Waals surface area contributed by atoms with Crippen molar-refractivity contribution in [1.82, 2.24) is 68.4 Å². The maximum atomic E-state index is 13.1. The molecule has 514 valence electrons. The Bertz CT molecular complexity index is 3440. The molecule has 6 heterocycles. The van der Waals surface area contributed by atoms with Crippen molar-refractivity contribution in [3.05, 3.63) is 72.1 Å². The van der Waals surface area contributed by atoms with E-state index in [2.05, 4.69) is 49.2 Å². The Balaban J connectivity index is 0.000000365. The predicted molar refractivity (Wildman–Crippen MR) is 355 cm³/mol. The number of halogens is 3. The summed E-state index contributed by atoms with van der Waals surface area (Å²) in [5.41, 5.74) is 4.72. The second kappa shape index (κ2) is 43.7. The van der Waals surface area contributed by atoms with Gasteiger partial charge >= 0.3 is 93.5 Å². The molecule has 0 aliphatic carbocycles. The van der Waals surface area contributed by atoms with E-state index in [4.69, 9.17) is 35.3 Å². The number of ketones is 2. The van der Waals surface area contributed by atoms with Crippen LogP contribution in [0.4, 0.5) is 10.3 Å². The van der Waals surface area contributed by atoms with Crippen molar-refractivity contribution in [3.8, 4) is 22.5 Å². The fraction of sp³-hybridized carbons (Fsp3) is 0.500. The number of carbonyl (C=O) groups excluding carboxylic acids is 5. The molecule has 2 saturated heterocycles. The third-order valence-corrected chi connectivity index (χ3v) is 17.1. The van der Waals surface area contributed by atoms with E-state index in [1.165, 1.54) is 9.03 Å². The molecule has 2 aromatic carbocycles. The summed E-state index contributed by atoms with van der Waals surface area (Å²) in [5.74, 6) is -3.91. The number of carbonyl (C=O) groups is 6. The molecule has 2 aliphatic heterocycles. The van der Waals surface area contributed by atoms with Gasteiger partial charge in [0.1, 0.15) is 0 Å². The quantitative estimate of drug-likeness (QED) is 0.0499. The standard InChI is InChI=1S/C27H38N8O7S2.C26H36N8O7S2.CO2.3ClH.2In/c1-2-31-7-9-32(11-12-34(19-25(39)40)14-13-33(10-8-31)18-24(37)38)16-22(36)15-20-3-5-21(6-4-20)23-17-35-27(28-23)43-26(29-35)30-44(41)42;1-30-6-8-31(10-11-33(18-24(38)39)13-12-32(9-7-30)17-23(36)37)15-21(35)14-19-2-4-20(5-3-19)22-16-34-26(27-22)42-25(28-34)29-43(40)41;2-1-3;;;;;/h3-6,17H,2,7-16,18-19H2,1H3,(H,29,30)(H,37,38)(H,39,40)(H,41,42);2-5,16H,6-15,17-18H2,1H3,(H,28,29)(H,36,37)(H,38,39)(H,40,41);;3*1H;;/q;;;;;;2*+3/p-6/i;;;;;;2*1-4. The van der Waals surface area contributed by atoms with Crippen molar-refractivity contribution < 1.29 is 76.3 Å². The number of aromatic nitrogens is 6. The van der Waals surface area contributed by atoms with Gasteiger partial charge in [0.05, 0.1) is 62.5 Å². The Labute approximate surface area is 597 Å². The number of hydrogen-bond acceptors (Lipinski definition) is 27. The number of anilines is 2. The number of imidazole rings is 2. The van der Waals surface area contributed by atoms with E-state index in [1.807, 2.05) is 72.3 Å². The molecule has 0 bridgehead atoms. The number of benzene rings is 2. The number of nitrogens with zero attached hydrogens (tertiary/aromatic N) is 14. The first-order valence-electron chi connectivity index (χ1n) is 28.9. The molecule has 0 amide bonds. The normalized spacial score (nSPS) is 16.5. The van der Waals surface area contributed by atoms with E-state index < -0.39 is 64.3 Å². The van der Waals surface area contributed by atoms with Gasteiger partial charge in [0.2, 0.25) is 20.2 Å². The molecule has 32 nitrogen and oxygen atoms in total. The van der Waals surface area contributed by atoms with Crippen molar-refractivity contribution >= 4 is 176 Å². The van der Waals surface area contributed by atoms with Crippen LogP contribution in [0, 0.1) is 0 Å².